The average molecular weight is 405 g/mol. The predicted octanol–water partition coefficient (Wildman–Crippen LogP) is 1.72. The number of hydrogen-bond donors (Lipinski definition) is 4. The van der Waals surface area contributed by atoms with Crippen LogP contribution in [0.1, 0.15) is 25.7 Å². The van der Waals surface area contributed by atoms with Gasteiger partial charge in [-0.25, -0.2) is 4.98 Å². The molecule has 1 fully saturated rings. The summed E-state index contributed by atoms with van der Waals surface area (Å²) < 4.78 is 10.7. The Morgan fingerprint density at radius 1 is 1.10 bits per heavy atom. The first-order valence-corrected chi connectivity index (χ1v) is 10.2. The summed E-state index contributed by atoms with van der Waals surface area (Å²) in [4.78, 5) is 6.20. The Balaban J connectivity index is 1.35. The van der Waals surface area contributed by atoms with E-state index in [9.17, 15) is 15.3 Å². The zero-order chi connectivity index (χ0) is 20.6. The van der Waals surface area contributed by atoms with Gasteiger partial charge in [0.1, 0.15) is 18.1 Å². The Morgan fingerprint density at radius 3 is 2.55 bits per heavy atom. The summed E-state index contributed by atoms with van der Waals surface area (Å²) in [5.41, 5.74) is 1.83. The van der Waals surface area contributed by atoms with Gasteiger partial charge in [-0.15, -0.1) is 0 Å². The molecule has 29 heavy (non-hydrogen) atoms. The number of anilines is 1. The lowest BCUT2D eigenvalue weighted by Gasteiger charge is -2.36. The maximum atomic E-state index is 9.74. The first kappa shape index (κ1) is 21.6. The molecule has 2 atom stereocenters. The molecule has 160 valence electrons. The fraction of sp³-hybridized carbons (Fsp3) is 0.571. The monoisotopic (exact) mass is 405 g/mol. The molecule has 3 rings (SSSR count). The Labute approximate surface area is 171 Å². The zero-order valence-electron chi connectivity index (χ0n) is 16.8. The van der Waals surface area contributed by atoms with Crippen molar-refractivity contribution in [3.05, 3.63) is 30.7 Å². The van der Waals surface area contributed by atoms with Gasteiger partial charge in [-0.05, 0) is 31.5 Å². The number of nitrogens with one attached hydrogen (secondary N) is 1. The summed E-state index contributed by atoms with van der Waals surface area (Å²) in [6, 6.07) is 5.84. The molecule has 8 nitrogen and oxygen atoms in total. The normalized spacial score (nSPS) is 22.6. The fourth-order valence-electron chi connectivity index (χ4n) is 3.61. The van der Waals surface area contributed by atoms with Gasteiger partial charge in [0.25, 0.3) is 0 Å². The maximum absolute atomic E-state index is 9.74. The van der Waals surface area contributed by atoms with Crippen LogP contribution < -0.4 is 10.1 Å². The molecule has 1 aliphatic heterocycles. The summed E-state index contributed by atoms with van der Waals surface area (Å²) in [5, 5.41) is 32.5. The van der Waals surface area contributed by atoms with E-state index >= 15 is 0 Å². The van der Waals surface area contributed by atoms with E-state index in [1.54, 1.807) is 19.6 Å². The topological polar surface area (TPSA) is 111 Å². The molecule has 8 heteroatoms. The highest BCUT2D eigenvalue weighted by Crippen LogP contribution is 2.27. The van der Waals surface area contributed by atoms with Crippen LogP contribution in [0.5, 0.6) is 5.75 Å². The minimum Gasteiger partial charge on any atom is -0.497 e. The van der Waals surface area contributed by atoms with E-state index in [0.29, 0.717) is 19.0 Å². The van der Waals surface area contributed by atoms with Crippen LogP contribution in [0.25, 0.3) is 11.5 Å². The molecule has 2 heterocycles. The number of benzene rings is 1. The Kier molecular flexibility index (Phi) is 7.88. The molecule has 0 radical (unpaired) electrons. The number of piperidine rings is 1. The quantitative estimate of drug-likeness (QED) is 0.442. The second kappa shape index (κ2) is 10.6. The second-order valence-corrected chi connectivity index (χ2v) is 7.51. The van der Waals surface area contributed by atoms with Crippen LogP contribution in [0.15, 0.2) is 35.1 Å². The van der Waals surface area contributed by atoms with Crippen LogP contribution in [-0.2, 0) is 0 Å². The molecule has 1 aromatic heterocycles. The van der Waals surface area contributed by atoms with Crippen LogP contribution >= 0.6 is 0 Å². The third-order valence-corrected chi connectivity index (χ3v) is 5.23. The lowest BCUT2D eigenvalue weighted by molar-refractivity contribution is -0.109. The lowest BCUT2D eigenvalue weighted by atomic mass is 10.0. The van der Waals surface area contributed by atoms with Crippen LogP contribution in [0.4, 0.5) is 5.69 Å². The third kappa shape index (κ3) is 6.17. The first-order chi connectivity index (χ1) is 14.1. The summed E-state index contributed by atoms with van der Waals surface area (Å²) in [6.07, 6.45) is 4.61. The SMILES string of the molecule is COc1cc(NCCCCCCN2CC(O)C(O)C(O)C2)cc(-c2ncco2)c1. The molecular weight excluding hydrogens is 374 g/mol. The number of hydrogen-bond acceptors (Lipinski definition) is 8. The number of rotatable bonds is 10. The van der Waals surface area contributed by atoms with Crippen LogP contribution in [-0.4, -0.2) is 76.8 Å². The fourth-order valence-corrected chi connectivity index (χ4v) is 3.61. The molecule has 1 saturated heterocycles. The van der Waals surface area contributed by atoms with Crippen molar-refractivity contribution in [1.82, 2.24) is 9.88 Å². The molecular formula is C21H31N3O5. The number of methoxy groups -OCH3 is 1. The molecule has 1 aromatic carbocycles. The Morgan fingerprint density at radius 2 is 1.86 bits per heavy atom. The summed E-state index contributed by atoms with van der Waals surface area (Å²) in [6.45, 7) is 2.51. The number of likely N-dealkylation sites (tertiary alicyclic amines) is 1. The highest BCUT2D eigenvalue weighted by molar-refractivity contribution is 5.64. The molecule has 0 saturated carbocycles. The standard InChI is InChI=1S/C21H31N3O5/c1-28-17-11-15(21-23-7-9-29-21)10-16(12-17)22-6-4-2-3-5-8-24-13-18(25)20(27)19(26)14-24/h7,9-12,18-20,22,25-27H,2-6,8,13-14H2,1H3. The van der Waals surface area contributed by atoms with Gasteiger partial charge < -0.3 is 29.8 Å². The number of nitrogens with zero attached hydrogens (tertiary/aromatic N) is 2. The van der Waals surface area contributed by atoms with Crippen molar-refractivity contribution < 1.29 is 24.5 Å². The Bertz CT molecular complexity index is 728. The highest BCUT2D eigenvalue weighted by atomic mass is 16.5. The maximum Gasteiger partial charge on any atom is 0.226 e. The molecule has 0 spiro atoms. The van der Waals surface area contributed by atoms with Crippen molar-refractivity contribution in [2.75, 3.05) is 38.6 Å². The van der Waals surface area contributed by atoms with Gasteiger partial charge in [0.2, 0.25) is 5.89 Å². The van der Waals surface area contributed by atoms with Gasteiger partial charge in [-0.2, -0.15) is 0 Å². The number of unbranched alkanes of at least 4 members (excludes halogenated alkanes) is 3. The molecule has 0 aliphatic carbocycles. The van der Waals surface area contributed by atoms with E-state index in [1.807, 2.05) is 23.1 Å². The van der Waals surface area contributed by atoms with Gasteiger partial charge in [-0.1, -0.05) is 12.8 Å². The van der Waals surface area contributed by atoms with Crippen molar-refractivity contribution in [3.8, 4) is 17.2 Å². The number of aromatic nitrogens is 1. The van der Waals surface area contributed by atoms with Gasteiger partial charge in [0.05, 0.1) is 25.5 Å². The molecule has 2 aromatic rings. The summed E-state index contributed by atoms with van der Waals surface area (Å²) >= 11 is 0. The van der Waals surface area contributed by atoms with Crippen molar-refractivity contribution in [2.45, 2.75) is 44.0 Å². The second-order valence-electron chi connectivity index (χ2n) is 7.51. The van der Waals surface area contributed by atoms with E-state index < -0.39 is 18.3 Å². The van der Waals surface area contributed by atoms with Crippen LogP contribution in [0, 0.1) is 0 Å². The molecule has 0 bridgehead atoms. The van der Waals surface area contributed by atoms with E-state index in [-0.39, 0.29) is 0 Å². The molecule has 1 aliphatic rings. The highest BCUT2D eigenvalue weighted by Gasteiger charge is 2.32. The molecule has 0 amide bonds. The number of oxazole rings is 1. The summed E-state index contributed by atoms with van der Waals surface area (Å²) in [7, 11) is 1.64. The zero-order valence-corrected chi connectivity index (χ0v) is 16.8. The van der Waals surface area contributed by atoms with Crippen molar-refractivity contribution in [2.24, 2.45) is 0 Å². The Hall–Kier alpha value is -2.13. The number of β-amino-alcohol motifs (C(OH)–C–C–N with tert-alkyl or cyclic N) is 2. The van der Waals surface area contributed by atoms with Crippen LogP contribution in [0.2, 0.25) is 0 Å². The number of aliphatic hydroxyl groups is 3. The summed E-state index contributed by atoms with van der Waals surface area (Å²) in [5.74, 6) is 1.31. The molecule has 2 unspecified atom stereocenters. The van der Waals surface area contributed by atoms with Crippen molar-refractivity contribution in [3.63, 3.8) is 0 Å². The lowest BCUT2D eigenvalue weighted by Crippen LogP contribution is -2.55. The van der Waals surface area contributed by atoms with Crippen molar-refractivity contribution in [1.29, 1.82) is 0 Å². The van der Waals surface area contributed by atoms with E-state index in [0.717, 1.165) is 55.8 Å². The first-order valence-electron chi connectivity index (χ1n) is 10.2. The smallest absolute Gasteiger partial charge is 0.226 e. The van der Waals surface area contributed by atoms with E-state index in [1.165, 1.54) is 0 Å². The third-order valence-electron chi connectivity index (χ3n) is 5.23. The van der Waals surface area contributed by atoms with E-state index in [4.69, 9.17) is 9.15 Å². The minimum atomic E-state index is -1.03. The average Bonchev–Trinajstić information content (AvgIpc) is 3.26. The van der Waals surface area contributed by atoms with Gasteiger partial charge in [-0.3, -0.25) is 4.90 Å². The largest absolute Gasteiger partial charge is 0.497 e. The van der Waals surface area contributed by atoms with Crippen molar-refractivity contribution >= 4 is 5.69 Å². The van der Waals surface area contributed by atoms with Crippen LogP contribution in [0.3, 0.4) is 0 Å². The number of aliphatic hydroxyl groups excluding tert-OH is 3. The van der Waals surface area contributed by atoms with Gasteiger partial charge in [0.15, 0.2) is 0 Å². The van der Waals surface area contributed by atoms with E-state index in [2.05, 4.69) is 10.3 Å². The molecule has 4 N–H and O–H groups in total. The predicted molar refractivity (Wildman–Crippen MR) is 110 cm³/mol. The van der Waals surface area contributed by atoms with Gasteiger partial charge >= 0.3 is 0 Å². The minimum absolute atomic E-state index is 0.419. The van der Waals surface area contributed by atoms with Gasteiger partial charge in [0, 0.05) is 37.0 Å². The number of ether oxygens (including phenoxy) is 1.